The van der Waals surface area contributed by atoms with Crippen molar-refractivity contribution in [2.24, 2.45) is 5.41 Å². The molecular formula is C21H24ClN5O. The summed E-state index contributed by atoms with van der Waals surface area (Å²) in [5.74, 6) is 0.751. The summed E-state index contributed by atoms with van der Waals surface area (Å²) < 4.78 is 1.81. The average Bonchev–Trinajstić information content (AvgIpc) is 3.13. The molecule has 3 heterocycles. The highest BCUT2D eigenvalue weighted by Gasteiger charge is 2.36. The molecule has 1 fully saturated rings. The van der Waals surface area contributed by atoms with Gasteiger partial charge in [-0.25, -0.2) is 0 Å². The number of rotatable bonds is 5. The van der Waals surface area contributed by atoms with E-state index >= 15 is 0 Å². The van der Waals surface area contributed by atoms with E-state index in [4.69, 9.17) is 11.6 Å². The number of fused-ring (bicyclic) bond motifs is 1. The van der Waals surface area contributed by atoms with Crippen LogP contribution in [0.15, 0.2) is 48.7 Å². The first kappa shape index (κ1) is 18.9. The molecule has 1 aliphatic heterocycles. The van der Waals surface area contributed by atoms with Crippen molar-refractivity contribution in [2.45, 2.75) is 32.9 Å². The highest BCUT2D eigenvalue weighted by atomic mass is 35.5. The van der Waals surface area contributed by atoms with Crippen LogP contribution >= 0.6 is 11.6 Å². The highest BCUT2D eigenvalue weighted by Crippen LogP contribution is 2.31. The second-order valence-electron chi connectivity index (χ2n) is 7.67. The standard InChI is InChI=1S/C21H24ClN5O/c1-21(9-12-26(13-10-21)15-16-6-3-2-4-7-16)20(28)23-14-18-24-25-19-17(22)8-5-11-27(18)19/h2-8,11H,9-10,12-15H2,1H3,(H,23,28). The number of halogens is 1. The summed E-state index contributed by atoms with van der Waals surface area (Å²) in [6.45, 7) is 5.17. The summed E-state index contributed by atoms with van der Waals surface area (Å²) in [5, 5.41) is 11.9. The number of carbonyl (C=O) groups is 1. The molecule has 0 aliphatic carbocycles. The van der Waals surface area contributed by atoms with Crippen LogP contribution in [-0.2, 0) is 17.9 Å². The Hall–Kier alpha value is -2.44. The first-order valence-corrected chi connectivity index (χ1v) is 9.96. The van der Waals surface area contributed by atoms with Gasteiger partial charge in [-0.1, -0.05) is 48.9 Å². The number of hydrogen-bond donors (Lipinski definition) is 1. The van der Waals surface area contributed by atoms with E-state index in [1.807, 2.05) is 22.7 Å². The fraction of sp³-hybridized carbons (Fsp3) is 0.381. The van der Waals surface area contributed by atoms with Crippen molar-refractivity contribution in [2.75, 3.05) is 13.1 Å². The zero-order valence-corrected chi connectivity index (χ0v) is 16.7. The molecule has 1 amide bonds. The molecule has 0 unspecified atom stereocenters. The second kappa shape index (κ2) is 7.89. The van der Waals surface area contributed by atoms with E-state index in [1.165, 1.54) is 5.56 Å². The molecule has 146 valence electrons. The minimum absolute atomic E-state index is 0.0747. The maximum absolute atomic E-state index is 12.9. The van der Waals surface area contributed by atoms with Crippen LogP contribution in [0.4, 0.5) is 0 Å². The largest absolute Gasteiger partial charge is 0.348 e. The van der Waals surface area contributed by atoms with Crippen LogP contribution < -0.4 is 5.32 Å². The summed E-state index contributed by atoms with van der Waals surface area (Å²) in [4.78, 5) is 15.3. The van der Waals surface area contributed by atoms with Crippen LogP contribution in [0.1, 0.15) is 31.2 Å². The third-order valence-corrected chi connectivity index (χ3v) is 5.92. The number of carbonyl (C=O) groups excluding carboxylic acids is 1. The topological polar surface area (TPSA) is 62.5 Å². The zero-order valence-electron chi connectivity index (χ0n) is 15.9. The molecule has 7 heteroatoms. The van der Waals surface area contributed by atoms with Gasteiger partial charge < -0.3 is 5.32 Å². The Morgan fingerprint density at radius 1 is 1.14 bits per heavy atom. The fourth-order valence-corrected chi connectivity index (χ4v) is 3.90. The lowest BCUT2D eigenvalue weighted by molar-refractivity contribution is -0.133. The van der Waals surface area contributed by atoms with E-state index in [1.54, 1.807) is 6.07 Å². The van der Waals surface area contributed by atoms with Gasteiger partial charge in [0.15, 0.2) is 11.5 Å². The number of benzene rings is 1. The van der Waals surface area contributed by atoms with Gasteiger partial charge in [0.1, 0.15) is 0 Å². The second-order valence-corrected chi connectivity index (χ2v) is 8.08. The van der Waals surface area contributed by atoms with E-state index in [2.05, 4.69) is 51.6 Å². The summed E-state index contributed by atoms with van der Waals surface area (Å²) in [6, 6.07) is 14.1. The van der Waals surface area contributed by atoms with Gasteiger partial charge in [-0.3, -0.25) is 14.1 Å². The fourth-order valence-electron chi connectivity index (χ4n) is 3.70. The van der Waals surface area contributed by atoms with Crippen molar-refractivity contribution in [3.8, 4) is 0 Å². The third-order valence-electron chi connectivity index (χ3n) is 5.62. The summed E-state index contributed by atoms with van der Waals surface area (Å²) in [7, 11) is 0. The van der Waals surface area contributed by atoms with Crippen molar-refractivity contribution in [3.05, 3.63) is 65.1 Å². The average molecular weight is 398 g/mol. The molecule has 28 heavy (non-hydrogen) atoms. The number of nitrogens with one attached hydrogen (secondary N) is 1. The van der Waals surface area contributed by atoms with E-state index < -0.39 is 0 Å². The Morgan fingerprint density at radius 3 is 2.64 bits per heavy atom. The molecule has 3 aromatic rings. The Bertz CT molecular complexity index is 963. The van der Waals surface area contributed by atoms with Gasteiger partial charge in [0.2, 0.25) is 5.91 Å². The molecule has 6 nitrogen and oxygen atoms in total. The molecule has 4 rings (SSSR count). The van der Waals surface area contributed by atoms with Crippen molar-refractivity contribution >= 4 is 23.2 Å². The number of piperidine rings is 1. The molecule has 1 saturated heterocycles. The minimum atomic E-state index is -0.356. The van der Waals surface area contributed by atoms with Gasteiger partial charge in [-0.05, 0) is 43.6 Å². The predicted molar refractivity (Wildman–Crippen MR) is 109 cm³/mol. The monoisotopic (exact) mass is 397 g/mol. The van der Waals surface area contributed by atoms with Gasteiger partial charge in [0, 0.05) is 18.2 Å². The van der Waals surface area contributed by atoms with E-state index in [9.17, 15) is 4.79 Å². The normalized spacial score (nSPS) is 16.9. The predicted octanol–water partition coefficient (Wildman–Crippen LogP) is 3.30. The van der Waals surface area contributed by atoms with E-state index in [0.717, 1.165) is 32.5 Å². The van der Waals surface area contributed by atoms with Gasteiger partial charge in [-0.15, -0.1) is 10.2 Å². The van der Waals surface area contributed by atoms with Crippen molar-refractivity contribution in [1.29, 1.82) is 0 Å². The summed E-state index contributed by atoms with van der Waals surface area (Å²) >= 11 is 6.13. The quantitative estimate of drug-likeness (QED) is 0.717. The van der Waals surface area contributed by atoms with Gasteiger partial charge in [0.05, 0.1) is 11.6 Å². The maximum atomic E-state index is 12.9. The lowest BCUT2D eigenvalue weighted by Crippen LogP contribution is -2.47. The highest BCUT2D eigenvalue weighted by molar-refractivity contribution is 6.33. The third kappa shape index (κ3) is 3.88. The Morgan fingerprint density at radius 2 is 1.89 bits per heavy atom. The van der Waals surface area contributed by atoms with Crippen molar-refractivity contribution in [1.82, 2.24) is 24.8 Å². The number of aromatic nitrogens is 3. The van der Waals surface area contributed by atoms with E-state index in [0.29, 0.717) is 23.0 Å². The SMILES string of the molecule is CC1(C(=O)NCc2nnc3c(Cl)cccn23)CCN(Cc2ccccc2)CC1. The van der Waals surface area contributed by atoms with E-state index in [-0.39, 0.29) is 11.3 Å². The van der Waals surface area contributed by atoms with Gasteiger partial charge in [-0.2, -0.15) is 0 Å². The molecule has 0 spiro atoms. The first-order chi connectivity index (χ1) is 13.5. The number of hydrogen-bond acceptors (Lipinski definition) is 4. The maximum Gasteiger partial charge on any atom is 0.226 e. The van der Waals surface area contributed by atoms with Crippen LogP contribution in [-0.4, -0.2) is 38.5 Å². The Labute approximate surface area is 169 Å². The van der Waals surface area contributed by atoms with Crippen LogP contribution in [0.3, 0.4) is 0 Å². The summed E-state index contributed by atoms with van der Waals surface area (Å²) in [5.41, 5.74) is 1.56. The molecule has 1 aliphatic rings. The van der Waals surface area contributed by atoms with Gasteiger partial charge in [0.25, 0.3) is 0 Å². The molecule has 0 atom stereocenters. The first-order valence-electron chi connectivity index (χ1n) is 9.58. The smallest absolute Gasteiger partial charge is 0.226 e. The van der Waals surface area contributed by atoms with Crippen LogP contribution in [0.5, 0.6) is 0 Å². The van der Waals surface area contributed by atoms with Crippen LogP contribution in [0.2, 0.25) is 5.02 Å². The zero-order chi connectivity index (χ0) is 19.6. The number of likely N-dealkylation sites (tertiary alicyclic amines) is 1. The Kier molecular flexibility index (Phi) is 5.33. The minimum Gasteiger partial charge on any atom is -0.348 e. The molecular weight excluding hydrogens is 374 g/mol. The lowest BCUT2D eigenvalue weighted by Gasteiger charge is -2.38. The molecule has 1 N–H and O–H groups in total. The molecule has 0 saturated carbocycles. The molecule has 0 bridgehead atoms. The lowest BCUT2D eigenvalue weighted by atomic mass is 9.79. The number of amides is 1. The number of pyridine rings is 1. The number of nitrogens with zero attached hydrogens (tertiary/aromatic N) is 4. The Balaban J connectivity index is 1.34. The molecule has 0 radical (unpaired) electrons. The summed E-state index contributed by atoms with van der Waals surface area (Å²) in [6.07, 6.45) is 3.54. The van der Waals surface area contributed by atoms with Crippen LogP contribution in [0, 0.1) is 5.41 Å². The van der Waals surface area contributed by atoms with Crippen molar-refractivity contribution in [3.63, 3.8) is 0 Å². The van der Waals surface area contributed by atoms with Gasteiger partial charge >= 0.3 is 0 Å². The van der Waals surface area contributed by atoms with Crippen LogP contribution in [0.25, 0.3) is 5.65 Å². The molecule has 2 aromatic heterocycles. The molecule has 1 aromatic carbocycles. The van der Waals surface area contributed by atoms with Crippen molar-refractivity contribution < 1.29 is 4.79 Å².